The molecule has 0 saturated heterocycles. The highest BCUT2D eigenvalue weighted by Gasteiger charge is 2.09. The van der Waals surface area contributed by atoms with Crippen molar-refractivity contribution in [1.29, 1.82) is 0 Å². The van der Waals surface area contributed by atoms with Gasteiger partial charge in [-0.15, -0.1) is 0 Å². The molecule has 6 heteroatoms. The molecule has 0 atom stereocenters. The van der Waals surface area contributed by atoms with Gasteiger partial charge in [0.15, 0.2) is 5.76 Å². The molecule has 122 valence electrons. The molecule has 0 unspecified atom stereocenters. The van der Waals surface area contributed by atoms with Crippen LogP contribution in [0, 0.1) is 6.92 Å². The molecule has 1 N–H and O–H groups in total. The number of carbonyl (C=O) groups excluding carboxylic acids is 1. The highest BCUT2D eigenvalue weighted by molar-refractivity contribution is 5.75. The molecular formula is C18H17N3O3. The number of rotatable bonds is 5. The normalized spacial score (nSPS) is 10.5. The van der Waals surface area contributed by atoms with Crippen LogP contribution in [0.5, 0.6) is 0 Å². The van der Waals surface area contributed by atoms with Crippen LogP contribution in [-0.4, -0.2) is 15.7 Å². The number of benzene rings is 1. The van der Waals surface area contributed by atoms with Crippen LogP contribution >= 0.6 is 0 Å². The Labute approximate surface area is 138 Å². The molecule has 0 bridgehead atoms. The van der Waals surface area contributed by atoms with Crippen molar-refractivity contribution in [1.82, 2.24) is 15.1 Å². The van der Waals surface area contributed by atoms with Gasteiger partial charge < -0.3 is 9.73 Å². The van der Waals surface area contributed by atoms with Crippen LogP contribution in [0.3, 0.4) is 0 Å². The summed E-state index contributed by atoms with van der Waals surface area (Å²) >= 11 is 0. The van der Waals surface area contributed by atoms with Crippen molar-refractivity contribution in [3.05, 3.63) is 76.3 Å². The highest BCUT2D eigenvalue weighted by atomic mass is 16.3. The van der Waals surface area contributed by atoms with Crippen molar-refractivity contribution in [3.8, 4) is 11.5 Å². The topological polar surface area (TPSA) is 77.1 Å². The van der Waals surface area contributed by atoms with Gasteiger partial charge in [0.1, 0.15) is 12.2 Å². The predicted octanol–water partition coefficient (Wildman–Crippen LogP) is 2.13. The maximum atomic E-state index is 12.1. The summed E-state index contributed by atoms with van der Waals surface area (Å²) in [5.41, 5.74) is 2.33. The van der Waals surface area contributed by atoms with E-state index in [0.717, 1.165) is 15.8 Å². The van der Waals surface area contributed by atoms with Gasteiger partial charge in [0.25, 0.3) is 5.56 Å². The zero-order chi connectivity index (χ0) is 16.9. The van der Waals surface area contributed by atoms with Gasteiger partial charge >= 0.3 is 0 Å². The van der Waals surface area contributed by atoms with Gasteiger partial charge in [-0.2, -0.15) is 5.10 Å². The molecule has 6 nitrogen and oxygen atoms in total. The summed E-state index contributed by atoms with van der Waals surface area (Å²) in [4.78, 5) is 23.9. The van der Waals surface area contributed by atoms with Gasteiger partial charge in [0.2, 0.25) is 5.91 Å². The lowest BCUT2D eigenvalue weighted by Gasteiger charge is -2.08. The molecule has 1 amide bonds. The van der Waals surface area contributed by atoms with E-state index >= 15 is 0 Å². The molecule has 3 rings (SSSR count). The summed E-state index contributed by atoms with van der Waals surface area (Å²) in [5.74, 6) is 0.269. The highest BCUT2D eigenvalue weighted by Crippen LogP contribution is 2.14. The number of aryl methyl sites for hydroxylation is 1. The predicted molar refractivity (Wildman–Crippen MR) is 89.2 cm³/mol. The Morgan fingerprint density at radius 1 is 1.17 bits per heavy atom. The van der Waals surface area contributed by atoms with E-state index in [9.17, 15) is 9.59 Å². The first-order valence-corrected chi connectivity index (χ1v) is 7.56. The number of nitrogens with zero attached hydrogens (tertiary/aromatic N) is 2. The van der Waals surface area contributed by atoms with Crippen molar-refractivity contribution >= 4 is 5.91 Å². The first-order valence-electron chi connectivity index (χ1n) is 7.56. The second-order valence-electron chi connectivity index (χ2n) is 5.45. The average Bonchev–Trinajstić information content (AvgIpc) is 3.11. The van der Waals surface area contributed by atoms with Crippen LogP contribution in [0.15, 0.2) is 64.0 Å². The maximum Gasteiger partial charge on any atom is 0.267 e. The summed E-state index contributed by atoms with van der Waals surface area (Å²) in [5, 5.41) is 6.96. The minimum Gasteiger partial charge on any atom is -0.463 e. The van der Waals surface area contributed by atoms with E-state index in [4.69, 9.17) is 4.42 Å². The summed E-state index contributed by atoms with van der Waals surface area (Å²) in [6.45, 7) is 2.28. The second kappa shape index (κ2) is 6.95. The smallest absolute Gasteiger partial charge is 0.267 e. The lowest BCUT2D eigenvalue weighted by molar-refractivity contribution is -0.122. The van der Waals surface area contributed by atoms with Gasteiger partial charge in [0, 0.05) is 12.6 Å². The zero-order valence-electron chi connectivity index (χ0n) is 13.2. The van der Waals surface area contributed by atoms with Crippen molar-refractivity contribution in [2.75, 3.05) is 0 Å². The standard InChI is InChI=1S/C18H17N3O3/c1-13-4-6-14(7-5-13)11-19-17(22)12-21-18(23)9-8-15(20-21)16-3-2-10-24-16/h2-10H,11-12H2,1H3,(H,19,22). The van der Waals surface area contributed by atoms with Gasteiger partial charge in [-0.3, -0.25) is 9.59 Å². The molecule has 0 aliphatic rings. The Morgan fingerprint density at radius 2 is 1.96 bits per heavy atom. The van der Waals surface area contributed by atoms with Gasteiger partial charge in [-0.05, 0) is 30.7 Å². The average molecular weight is 323 g/mol. The number of carbonyl (C=O) groups is 1. The Bertz CT molecular complexity index is 881. The summed E-state index contributed by atoms with van der Waals surface area (Å²) in [6.07, 6.45) is 1.53. The SMILES string of the molecule is Cc1ccc(CNC(=O)Cn2nc(-c3ccco3)ccc2=O)cc1. The van der Waals surface area contributed by atoms with Crippen LogP contribution in [0.4, 0.5) is 0 Å². The van der Waals surface area contributed by atoms with Crippen LogP contribution in [0.2, 0.25) is 0 Å². The number of furan rings is 1. The van der Waals surface area contributed by atoms with E-state index in [1.165, 1.54) is 12.3 Å². The van der Waals surface area contributed by atoms with Crippen molar-refractivity contribution in [2.24, 2.45) is 0 Å². The number of aromatic nitrogens is 2. The van der Waals surface area contributed by atoms with Gasteiger partial charge in [0.05, 0.1) is 6.26 Å². The minimum atomic E-state index is -0.337. The van der Waals surface area contributed by atoms with E-state index < -0.39 is 0 Å². The molecule has 1 aromatic carbocycles. The second-order valence-corrected chi connectivity index (χ2v) is 5.45. The van der Waals surface area contributed by atoms with Crippen LogP contribution in [0.1, 0.15) is 11.1 Å². The molecule has 2 aromatic heterocycles. The quantitative estimate of drug-likeness (QED) is 0.780. The molecule has 0 radical (unpaired) electrons. The van der Waals surface area contributed by atoms with Crippen molar-refractivity contribution < 1.29 is 9.21 Å². The molecule has 0 aliphatic carbocycles. The van der Waals surface area contributed by atoms with E-state index in [1.54, 1.807) is 18.2 Å². The Hall–Kier alpha value is -3.15. The minimum absolute atomic E-state index is 0.140. The van der Waals surface area contributed by atoms with E-state index in [2.05, 4.69) is 10.4 Å². The monoisotopic (exact) mass is 323 g/mol. The first-order chi connectivity index (χ1) is 11.6. The van der Waals surface area contributed by atoms with Gasteiger partial charge in [-0.25, -0.2) is 4.68 Å². The molecule has 3 aromatic rings. The molecule has 0 fully saturated rings. The number of nitrogens with one attached hydrogen (secondary N) is 1. The number of hydrogen-bond donors (Lipinski definition) is 1. The van der Waals surface area contributed by atoms with E-state index in [1.807, 2.05) is 31.2 Å². The third-order valence-corrected chi connectivity index (χ3v) is 3.54. The Kier molecular flexibility index (Phi) is 4.56. The fraction of sp³-hybridized carbons (Fsp3) is 0.167. The molecule has 24 heavy (non-hydrogen) atoms. The third kappa shape index (κ3) is 3.78. The van der Waals surface area contributed by atoms with Crippen LogP contribution < -0.4 is 10.9 Å². The number of amides is 1. The van der Waals surface area contributed by atoms with Gasteiger partial charge in [-0.1, -0.05) is 29.8 Å². The molecule has 0 spiro atoms. The third-order valence-electron chi connectivity index (χ3n) is 3.54. The molecule has 0 saturated carbocycles. The van der Waals surface area contributed by atoms with E-state index in [0.29, 0.717) is 18.0 Å². The number of hydrogen-bond acceptors (Lipinski definition) is 4. The van der Waals surface area contributed by atoms with Crippen molar-refractivity contribution in [3.63, 3.8) is 0 Å². The van der Waals surface area contributed by atoms with Crippen LogP contribution in [-0.2, 0) is 17.9 Å². The zero-order valence-corrected chi connectivity index (χ0v) is 13.2. The van der Waals surface area contributed by atoms with Crippen molar-refractivity contribution in [2.45, 2.75) is 20.0 Å². The fourth-order valence-electron chi connectivity index (χ4n) is 2.22. The summed E-state index contributed by atoms with van der Waals surface area (Å²) < 4.78 is 6.38. The summed E-state index contributed by atoms with van der Waals surface area (Å²) in [7, 11) is 0. The molecule has 2 heterocycles. The lowest BCUT2D eigenvalue weighted by Crippen LogP contribution is -2.33. The Balaban J connectivity index is 1.66. The largest absolute Gasteiger partial charge is 0.463 e. The summed E-state index contributed by atoms with van der Waals surface area (Å²) in [6, 6.07) is 14.3. The maximum absolute atomic E-state index is 12.1. The fourth-order valence-corrected chi connectivity index (χ4v) is 2.22. The first kappa shape index (κ1) is 15.7. The molecule has 0 aliphatic heterocycles. The van der Waals surface area contributed by atoms with Crippen LogP contribution in [0.25, 0.3) is 11.5 Å². The molecular weight excluding hydrogens is 306 g/mol. The lowest BCUT2D eigenvalue weighted by atomic mass is 10.1. The Morgan fingerprint density at radius 3 is 2.67 bits per heavy atom. The van der Waals surface area contributed by atoms with E-state index in [-0.39, 0.29) is 18.0 Å².